The Bertz CT molecular complexity index is 342. The summed E-state index contributed by atoms with van der Waals surface area (Å²) in [5.74, 6) is 0.673. The first kappa shape index (κ1) is 11.8. The number of nitrogens with zero attached hydrogens (tertiary/aromatic N) is 1. The smallest absolute Gasteiger partial charge is 0.105 e. The van der Waals surface area contributed by atoms with Crippen molar-refractivity contribution in [1.82, 2.24) is 0 Å². The van der Waals surface area contributed by atoms with Crippen LogP contribution in [-0.2, 0) is 6.42 Å². The molecular weight excluding hydrogens is 184 g/mol. The molecule has 1 aromatic rings. The molecule has 0 fully saturated rings. The largest absolute Gasteiger partial charge is 0.387 e. The van der Waals surface area contributed by atoms with Gasteiger partial charge in [-0.3, -0.25) is 0 Å². The van der Waals surface area contributed by atoms with Crippen LogP contribution >= 0.6 is 0 Å². The number of rotatable bonds is 2. The molecule has 0 aromatic heterocycles. The van der Waals surface area contributed by atoms with Gasteiger partial charge in [-0.2, -0.15) is 0 Å². The van der Waals surface area contributed by atoms with Gasteiger partial charge in [0.25, 0.3) is 0 Å². The van der Waals surface area contributed by atoms with E-state index in [9.17, 15) is 0 Å². The maximum Gasteiger partial charge on any atom is 0.105 e. The Morgan fingerprint density at radius 3 is 2.13 bits per heavy atom. The van der Waals surface area contributed by atoms with Crippen molar-refractivity contribution in [2.45, 2.75) is 34.1 Å². The van der Waals surface area contributed by atoms with E-state index in [2.05, 4.69) is 44.8 Å². The Hall–Kier alpha value is -1.31. The number of amidine groups is 1. The summed E-state index contributed by atoms with van der Waals surface area (Å²) in [7, 11) is 0. The van der Waals surface area contributed by atoms with Crippen LogP contribution in [0.4, 0.5) is 5.69 Å². The summed E-state index contributed by atoms with van der Waals surface area (Å²) < 4.78 is 0. The first-order valence-corrected chi connectivity index (χ1v) is 5.37. The highest BCUT2D eigenvalue weighted by molar-refractivity contribution is 5.87. The molecule has 0 unspecified atom stereocenters. The predicted molar refractivity (Wildman–Crippen MR) is 66.6 cm³/mol. The minimum absolute atomic E-state index is 0.0660. The summed E-state index contributed by atoms with van der Waals surface area (Å²) in [6, 6.07) is 8.21. The van der Waals surface area contributed by atoms with Crippen LogP contribution in [0.3, 0.4) is 0 Å². The molecule has 15 heavy (non-hydrogen) atoms. The zero-order valence-electron chi connectivity index (χ0n) is 10.0. The number of benzene rings is 1. The first-order valence-electron chi connectivity index (χ1n) is 5.37. The quantitative estimate of drug-likeness (QED) is 0.582. The lowest BCUT2D eigenvalue weighted by Gasteiger charge is -2.17. The SMILES string of the molecule is CCc1ccc(N=C(N)C(C)(C)C)cc1. The van der Waals surface area contributed by atoms with Crippen LogP contribution in [0.5, 0.6) is 0 Å². The van der Waals surface area contributed by atoms with Gasteiger partial charge in [-0.15, -0.1) is 0 Å². The van der Waals surface area contributed by atoms with Gasteiger partial charge in [0, 0.05) is 5.41 Å². The van der Waals surface area contributed by atoms with Crippen molar-refractivity contribution in [1.29, 1.82) is 0 Å². The second-order valence-corrected chi connectivity index (χ2v) is 4.77. The van der Waals surface area contributed by atoms with Crippen molar-refractivity contribution in [2.75, 3.05) is 0 Å². The fraction of sp³-hybridized carbons (Fsp3) is 0.462. The number of aryl methyl sites for hydroxylation is 1. The average molecular weight is 204 g/mol. The average Bonchev–Trinajstić information content (AvgIpc) is 2.17. The second kappa shape index (κ2) is 4.47. The summed E-state index contributed by atoms with van der Waals surface area (Å²) >= 11 is 0. The van der Waals surface area contributed by atoms with Crippen LogP contribution in [0.15, 0.2) is 29.3 Å². The van der Waals surface area contributed by atoms with Gasteiger partial charge in [-0.25, -0.2) is 4.99 Å². The van der Waals surface area contributed by atoms with Crippen LogP contribution in [0, 0.1) is 5.41 Å². The fourth-order valence-electron chi connectivity index (χ4n) is 1.11. The zero-order chi connectivity index (χ0) is 11.5. The molecular formula is C13H20N2. The highest BCUT2D eigenvalue weighted by atomic mass is 14.9. The van der Waals surface area contributed by atoms with E-state index in [1.165, 1.54) is 5.56 Å². The van der Waals surface area contributed by atoms with Gasteiger partial charge >= 0.3 is 0 Å². The van der Waals surface area contributed by atoms with Crippen LogP contribution in [0.25, 0.3) is 0 Å². The Labute approximate surface area is 92.2 Å². The topological polar surface area (TPSA) is 38.4 Å². The molecule has 0 aliphatic carbocycles. The molecule has 0 spiro atoms. The molecule has 0 saturated heterocycles. The molecule has 0 aliphatic rings. The minimum Gasteiger partial charge on any atom is -0.387 e. The molecule has 2 nitrogen and oxygen atoms in total. The van der Waals surface area contributed by atoms with E-state index in [1.807, 2.05) is 12.1 Å². The Morgan fingerprint density at radius 2 is 1.73 bits per heavy atom. The van der Waals surface area contributed by atoms with Gasteiger partial charge in [-0.05, 0) is 24.1 Å². The molecule has 1 rings (SSSR count). The lowest BCUT2D eigenvalue weighted by molar-refractivity contribution is 0.585. The predicted octanol–water partition coefficient (Wildman–Crippen LogP) is 3.28. The van der Waals surface area contributed by atoms with E-state index in [4.69, 9.17) is 5.73 Å². The lowest BCUT2D eigenvalue weighted by Crippen LogP contribution is -2.28. The van der Waals surface area contributed by atoms with E-state index in [0.717, 1.165) is 12.1 Å². The molecule has 0 heterocycles. The summed E-state index contributed by atoms with van der Waals surface area (Å²) in [5.41, 5.74) is 8.09. The molecule has 1 aromatic carbocycles. The molecule has 0 radical (unpaired) electrons. The van der Waals surface area contributed by atoms with Gasteiger partial charge in [-0.1, -0.05) is 39.8 Å². The van der Waals surface area contributed by atoms with Gasteiger partial charge in [0.15, 0.2) is 0 Å². The number of aliphatic imine (C=N–C) groups is 1. The minimum atomic E-state index is -0.0660. The number of nitrogens with two attached hydrogens (primary N) is 1. The van der Waals surface area contributed by atoms with E-state index in [0.29, 0.717) is 5.84 Å². The Kier molecular flexibility index (Phi) is 3.51. The van der Waals surface area contributed by atoms with E-state index >= 15 is 0 Å². The number of hydrogen-bond acceptors (Lipinski definition) is 1. The van der Waals surface area contributed by atoms with Crippen LogP contribution < -0.4 is 5.73 Å². The summed E-state index contributed by atoms with van der Waals surface area (Å²) in [5, 5.41) is 0. The second-order valence-electron chi connectivity index (χ2n) is 4.77. The Morgan fingerprint density at radius 1 is 1.20 bits per heavy atom. The van der Waals surface area contributed by atoms with Crippen molar-refractivity contribution >= 4 is 11.5 Å². The molecule has 0 saturated carbocycles. The summed E-state index contributed by atoms with van der Waals surface area (Å²) in [6.07, 6.45) is 1.05. The monoisotopic (exact) mass is 204 g/mol. The van der Waals surface area contributed by atoms with Crippen LogP contribution in [0.1, 0.15) is 33.3 Å². The fourth-order valence-corrected chi connectivity index (χ4v) is 1.11. The lowest BCUT2D eigenvalue weighted by atomic mass is 9.95. The van der Waals surface area contributed by atoms with E-state index < -0.39 is 0 Å². The van der Waals surface area contributed by atoms with Crippen LogP contribution in [-0.4, -0.2) is 5.84 Å². The van der Waals surface area contributed by atoms with E-state index in [-0.39, 0.29) is 5.41 Å². The van der Waals surface area contributed by atoms with E-state index in [1.54, 1.807) is 0 Å². The first-order chi connectivity index (χ1) is 6.93. The highest BCUT2D eigenvalue weighted by Gasteiger charge is 2.15. The third-order valence-corrected chi connectivity index (χ3v) is 2.36. The standard InChI is InChI=1S/C13H20N2/c1-5-10-6-8-11(9-7-10)15-12(14)13(2,3)4/h6-9H,5H2,1-4H3,(H2,14,15). The molecule has 0 aliphatic heterocycles. The normalized spacial score (nSPS) is 12.9. The molecule has 0 atom stereocenters. The van der Waals surface area contributed by atoms with Gasteiger partial charge < -0.3 is 5.73 Å². The maximum absolute atomic E-state index is 5.90. The summed E-state index contributed by atoms with van der Waals surface area (Å²) in [6.45, 7) is 8.33. The van der Waals surface area contributed by atoms with Crippen molar-refractivity contribution in [3.05, 3.63) is 29.8 Å². The van der Waals surface area contributed by atoms with Gasteiger partial charge in [0.1, 0.15) is 5.84 Å². The third kappa shape index (κ3) is 3.39. The molecule has 2 heteroatoms. The zero-order valence-corrected chi connectivity index (χ0v) is 10.0. The molecule has 2 N–H and O–H groups in total. The highest BCUT2D eigenvalue weighted by Crippen LogP contribution is 2.19. The third-order valence-electron chi connectivity index (χ3n) is 2.36. The van der Waals surface area contributed by atoms with Crippen molar-refractivity contribution in [3.8, 4) is 0 Å². The van der Waals surface area contributed by atoms with Gasteiger partial charge in [0.05, 0.1) is 5.69 Å². The van der Waals surface area contributed by atoms with Crippen molar-refractivity contribution in [3.63, 3.8) is 0 Å². The number of hydrogen-bond donors (Lipinski definition) is 1. The molecule has 82 valence electrons. The molecule has 0 amide bonds. The molecule has 0 bridgehead atoms. The van der Waals surface area contributed by atoms with Crippen molar-refractivity contribution < 1.29 is 0 Å². The Balaban J connectivity index is 2.89. The van der Waals surface area contributed by atoms with Gasteiger partial charge in [0.2, 0.25) is 0 Å². The van der Waals surface area contributed by atoms with Crippen LogP contribution in [0.2, 0.25) is 0 Å². The van der Waals surface area contributed by atoms with Crippen molar-refractivity contribution in [2.24, 2.45) is 16.1 Å². The summed E-state index contributed by atoms with van der Waals surface area (Å²) in [4.78, 5) is 4.40. The maximum atomic E-state index is 5.90.